The summed E-state index contributed by atoms with van der Waals surface area (Å²) in [6.45, 7) is 6.27. The molecule has 6 heteroatoms. The maximum Gasteiger partial charge on any atom is 0.129 e. The van der Waals surface area contributed by atoms with Gasteiger partial charge >= 0.3 is 0 Å². The van der Waals surface area contributed by atoms with Crippen molar-refractivity contribution in [1.29, 1.82) is 0 Å². The van der Waals surface area contributed by atoms with Crippen molar-refractivity contribution in [3.05, 3.63) is 47.5 Å². The third kappa shape index (κ3) is 2.45. The molecule has 3 heterocycles. The molecule has 2 aromatic heterocycles. The second-order valence-corrected chi connectivity index (χ2v) is 6.71. The molecule has 0 bridgehead atoms. The highest BCUT2D eigenvalue weighted by Gasteiger charge is 2.30. The van der Waals surface area contributed by atoms with Crippen LogP contribution in [0.15, 0.2) is 36.8 Å². The molecule has 0 saturated carbocycles. The number of hydrogen-bond donors (Lipinski definition) is 0. The molecule has 0 aliphatic carbocycles. The summed E-state index contributed by atoms with van der Waals surface area (Å²) in [5.74, 6) is 0.448. The Labute approximate surface area is 139 Å². The minimum atomic E-state index is 0.387. The molecule has 0 amide bonds. The van der Waals surface area contributed by atoms with Gasteiger partial charge in [0.15, 0.2) is 0 Å². The summed E-state index contributed by atoms with van der Waals surface area (Å²) in [5.41, 5.74) is 2.52. The fourth-order valence-electron chi connectivity index (χ4n) is 3.23. The van der Waals surface area contributed by atoms with Crippen LogP contribution in [0.25, 0.3) is 10.8 Å². The van der Waals surface area contributed by atoms with E-state index in [-0.39, 0.29) is 0 Å². The highest BCUT2D eigenvalue weighted by atomic mass is 35.5. The van der Waals surface area contributed by atoms with Gasteiger partial charge in [0.25, 0.3) is 0 Å². The van der Waals surface area contributed by atoms with Crippen LogP contribution in [0, 0.1) is 0 Å². The number of pyridine rings is 1. The summed E-state index contributed by atoms with van der Waals surface area (Å²) in [6.07, 6.45) is 5.53. The molecule has 118 valence electrons. The SMILES string of the molecule is CC(C)c1ccc(N2CC(n3ccnn3)C2)c2cnc(Cl)cc12. The smallest absolute Gasteiger partial charge is 0.129 e. The Bertz CT molecular complexity index is 838. The standard InChI is InChI=1S/C17H18ClN5/c1-11(2)13-3-4-16(15-8-19-17(18)7-14(13)15)22-9-12(10-22)23-6-5-20-21-23/h3-8,11-12H,9-10H2,1-2H3. The minimum absolute atomic E-state index is 0.387. The molecule has 0 radical (unpaired) electrons. The van der Waals surface area contributed by atoms with E-state index in [1.165, 1.54) is 16.6 Å². The molecule has 1 aliphatic heterocycles. The Kier molecular flexibility index (Phi) is 3.45. The van der Waals surface area contributed by atoms with Gasteiger partial charge in [0.2, 0.25) is 0 Å². The van der Waals surface area contributed by atoms with Gasteiger partial charge in [0, 0.05) is 36.6 Å². The summed E-state index contributed by atoms with van der Waals surface area (Å²) in [5, 5.41) is 10.9. The number of nitrogens with zero attached hydrogens (tertiary/aromatic N) is 5. The summed E-state index contributed by atoms with van der Waals surface area (Å²) in [7, 11) is 0. The maximum atomic E-state index is 6.12. The maximum absolute atomic E-state index is 6.12. The first-order valence-corrected chi connectivity index (χ1v) is 8.20. The molecule has 0 atom stereocenters. The second kappa shape index (κ2) is 5.49. The molecule has 5 nitrogen and oxygen atoms in total. The zero-order valence-electron chi connectivity index (χ0n) is 13.1. The van der Waals surface area contributed by atoms with E-state index in [0.29, 0.717) is 17.1 Å². The lowest BCUT2D eigenvalue weighted by Crippen LogP contribution is -2.48. The first-order valence-electron chi connectivity index (χ1n) is 7.82. The zero-order valence-corrected chi connectivity index (χ0v) is 13.9. The number of fused-ring (bicyclic) bond motifs is 1. The molecule has 0 unspecified atom stereocenters. The molecule has 1 aromatic carbocycles. The first-order chi connectivity index (χ1) is 11.1. The van der Waals surface area contributed by atoms with Crippen LogP contribution in [-0.4, -0.2) is 33.1 Å². The molecule has 23 heavy (non-hydrogen) atoms. The van der Waals surface area contributed by atoms with Crippen LogP contribution in [0.4, 0.5) is 5.69 Å². The van der Waals surface area contributed by atoms with E-state index in [2.05, 4.69) is 46.2 Å². The Morgan fingerprint density at radius 3 is 2.74 bits per heavy atom. The van der Waals surface area contributed by atoms with Crippen molar-refractivity contribution in [3.8, 4) is 0 Å². The third-order valence-electron chi connectivity index (χ3n) is 4.52. The average molecular weight is 328 g/mol. The van der Waals surface area contributed by atoms with Gasteiger partial charge in [-0.25, -0.2) is 9.67 Å². The number of aromatic nitrogens is 4. The summed E-state index contributed by atoms with van der Waals surface area (Å²) < 4.78 is 1.93. The van der Waals surface area contributed by atoms with Gasteiger partial charge in [-0.05, 0) is 29.0 Å². The van der Waals surface area contributed by atoms with Crippen LogP contribution in [0.5, 0.6) is 0 Å². The molecular formula is C17H18ClN5. The van der Waals surface area contributed by atoms with Crippen molar-refractivity contribution in [2.24, 2.45) is 0 Å². The van der Waals surface area contributed by atoms with Gasteiger partial charge in [0.05, 0.1) is 12.2 Å². The largest absolute Gasteiger partial charge is 0.367 e. The van der Waals surface area contributed by atoms with E-state index in [4.69, 9.17) is 11.6 Å². The predicted molar refractivity (Wildman–Crippen MR) is 92.1 cm³/mol. The molecule has 1 fully saturated rings. The van der Waals surface area contributed by atoms with E-state index in [1.807, 2.05) is 23.1 Å². The lowest BCUT2D eigenvalue weighted by Gasteiger charge is -2.41. The quantitative estimate of drug-likeness (QED) is 0.689. The van der Waals surface area contributed by atoms with Crippen molar-refractivity contribution in [3.63, 3.8) is 0 Å². The van der Waals surface area contributed by atoms with Crippen LogP contribution in [0.3, 0.4) is 0 Å². The van der Waals surface area contributed by atoms with E-state index in [0.717, 1.165) is 18.5 Å². The fourth-order valence-corrected chi connectivity index (χ4v) is 3.39. The average Bonchev–Trinajstić information content (AvgIpc) is 2.99. The van der Waals surface area contributed by atoms with Crippen LogP contribution in [-0.2, 0) is 0 Å². The van der Waals surface area contributed by atoms with Crippen LogP contribution in [0.1, 0.15) is 31.4 Å². The van der Waals surface area contributed by atoms with Crippen molar-refractivity contribution in [1.82, 2.24) is 20.0 Å². The molecule has 1 saturated heterocycles. The van der Waals surface area contributed by atoms with Gasteiger partial charge in [0.1, 0.15) is 5.15 Å². The van der Waals surface area contributed by atoms with Crippen molar-refractivity contribution >= 4 is 28.1 Å². The first kappa shape index (κ1) is 14.5. The summed E-state index contributed by atoms with van der Waals surface area (Å²) in [4.78, 5) is 6.64. The third-order valence-corrected chi connectivity index (χ3v) is 4.73. The Hall–Kier alpha value is -2.14. The van der Waals surface area contributed by atoms with E-state index >= 15 is 0 Å². The topological polar surface area (TPSA) is 46.8 Å². The van der Waals surface area contributed by atoms with Crippen molar-refractivity contribution < 1.29 is 0 Å². The van der Waals surface area contributed by atoms with Crippen LogP contribution in [0.2, 0.25) is 5.15 Å². The van der Waals surface area contributed by atoms with Crippen LogP contribution < -0.4 is 4.90 Å². The number of anilines is 1. The predicted octanol–water partition coefficient (Wildman–Crippen LogP) is 3.66. The molecular weight excluding hydrogens is 310 g/mol. The van der Waals surface area contributed by atoms with Gasteiger partial charge in [-0.2, -0.15) is 0 Å². The molecule has 4 rings (SSSR count). The van der Waals surface area contributed by atoms with E-state index in [9.17, 15) is 0 Å². The van der Waals surface area contributed by atoms with Gasteiger partial charge in [-0.1, -0.05) is 36.7 Å². The number of hydrogen-bond acceptors (Lipinski definition) is 4. The van der Waals surface area contributed by atoms with Crippen molar-refractivity contribution in [2.45, 2.75) is 25.8 Å². The number of benzene rings is 1. The van der Waals surface area contributed by atoms with Crippen molar-refractivity contribution in [2.75, 3.05) is 18.0 Å². The van der Waals surface area contributed by atoms with E-state index < -0.39 is 0 Å². The monoisotopic (exact) mass is 327 g/mol. The lowest BCUT2D eigenvalue weighted by atomic mass is 9.95. The van der Waals surface area contributed by atoms with E-state index in [1.54, 1.807) is 6.20 Å². The zero-order chi connectivity index (χ0) is 16.0. The lowest BCUT2D eigenvalue weighted by molar-refractivity contribution is 0.361. The number of halogens is 1. The van der Waals surface area contributed by atoms with Gasteiger partial charge < -0.3 is 4.90 Å². The molecule has 0 N–H and O–H groups in total. The Balaban J connectivity index is 1.70. The summed E-state index contributed by atoms with van der Waals surface area (Å²) >= 11 is 6.12. The second-order valence-electron chi connectivity index (χ2n) is 6.32. The Morgan fingerprint density at radius 1 is 1.22 bits per heavy atom. The molecule has 0 spiro atoms. The summed E-state index contributed by atoms with van der Waals surface area (Å²) in [6, 6.07) is 6.77. The highest BCUT2D eigenvalue weighted by molar-refractivity contribution is 6.30. The Morgan fingerprint density at radius 2 is 2.04 bits per heavy atom. The molecule has 3 aromatic rings. The highest BCUT2D eigenvalue weighted by Crippen LogP contribution is 2.37. The fraction of sp³-hybridized carbons (Fsp3) is 0.353. The number of rotatable bonds is 3. The van der Waals surface area contributed by atoms with Gasteiger partial charge in [-0.15, -0.1) is 5.10 Å². The van der Waals surface area contributed by atoms with Gasteiger partial charge in [-0.3, -0.25) is 0 Å². The normalized spacial score (nSPS) is 15.4. The molecule has 1 aliphatic rings. The minimum Gasteiger partial charge on any atom is -0.367 e. The van der Waals surface area contributed by atoms with Crippen LogP contribution >= 0.6 is 11.6 Å².